The Bertz CT molecular complexity index is 756. The number of carbonyl (C=O) groups excluding carboxylic acids is 2. The summed E-state index contributed by atoms with van der Waals surface area (Å²) in [4.78, 5) is 24.2. The van der Waals surface area contributed by atoms with Gasteiger partial charge in [-0.25, -0.2) is 0 Å². The van der Waals surface area contributed by atoms with Gasteiger partial charge in [0.1, 0.15) is 5.75 Å². The molecular weight excluding hydrogens is 328 g/mol. The lowest BCUT2D eigenvalue weighted by molar-refractivity contribution is -0.118. The predicted molar refractivity (Wildman–Crippen MR) is 104 cm³/mol. The lowest BCUT2D eigenvalue weighted by Crippen LogP contribution is -2.24. The van der Waals surface area contributed by atoms with E-state index in [0.717, 1.165) is 12.0 Å². The summed E-state index contributed by atoms with van der Waals surface area (Å²) in [6, 6.07) is 14.6. The van der Waals surface area contributed by atoms with Crippen LogP contribution in [-0.2, 0) is 4.79 Å². The van der Waals surface area contributed by atoms with Crippen molar-refractivity contribution in [3.8, 4) is 5.75 Å². The van der Waals surface area contributed by atoms with Crippen molar-refractivity contribution >= 4 is 17.5 Å². The summed E-state index contributed by atoms with van der Waals surface area (Å²) in [6.45, 7) is 6.69. The molecule has 0 heterocycles. The minimum Gasteiger partial charge on any atom is -0.483 e. The van der Waals surface area contributed by atoms with Crippen molar-refractivity contribution < 1.29 is 14.3 Å². The first kappa shape index (κ1) is 19.5. The van der Waals surface area contributed by atoms with Gasteiger partial charge in [-0.3, -0.25) is 9.59 Å². The standard InChI is InChI=1S/C21H26N2O3/c1-4-12-22-21(25)16-8-7-9-17(13-16)23-20(24)14-26-19-11-6-5-10-18(19)15(2)3/h5-11,13,15H,4,12,14H2,1-3H3,(H,22,25)(H,23,24). The highest BCUT2D eigenvalue weighted by Crippen LogP contribution is 2.25. The topological polar surface area (TPSA) is 67.4 Å². The van der Waals surface area contributed by atoms with E-state index in [1.807, 2.05) is 31.2 Å². The van der Waals surface area contributed by atoms with Crippen LogP contribution in [0.5, 0.6) is 5.75 Å². The molecule has 0 radical (unpaired) electrons. The van der Waals surface area contributed by atoms with E-state index in [-0.39, 0.29) is 18.4 Å². The van der Waals surface area contributed by atoms with Crippen molar-refractivity contribution in [2.45, 2.75) is 33.1 Å². The fourth-order valence-corrected chi connectivity index (χ4v) is 2.51. The predicted octanol–water partition coefficient (Wildman–Crippen LogP) is 3.97. The number of carbonyl (C=O) groups is 2. The van der Waals surface area contributed by atoms with Gasteiger partial charge >= 0.3 is 0 Å². The molecule has 2 aromatic rings. The third-order valence-corrected chi connectivity index (χ3v) is 3.84. The lowest BCUT2D eigenvalue weighted by atomic mass is 10.0. The molecule has 2 rings (SSSR count). The fourth-order valence-electron chi connectivity index (χ4n) is 2.51. The van der Waals surface area contributed by atoms with Crippen molar-refractivity contribution in [1.82, 2.24) is 5.32 Å². The molecule has 2 aromatic carbocycles. The number of amides is 2. The van der Waals surface area contributed by atoms with E-state index >= 15 is 0 Å². The lowest BCUT2D eigenvalue weighted by Gasteiger charge is -2.14. The van der Waals surface area contributed by atoms with Gasteiger partial charge in [-0.05, 0) is 42.2 Å². The molecule has 5 nitrogen and oxygen atoms in total. The third kappa shape index (κ3) is 5.62. The zero-order chi connectivity index (χ0) is 18.9. The van der Waals surface area contributed by atoms with Crippen LogP contribution >= 0.6 is 0 Å². The summed E-state index contributed by atoms with van der Waals surface area (Å²) < 4.78 is 5.67. The van der Waals surface area contributed by atoms with Crippen LogP contribution in [0.15, 0.2) is 48.5 Å². The second-order valence-electron chi connectivity index (χ2n) is 6.37. The normalized spacial score (nSPS) is 10.5. The zero-order valence-corrected chi connectivity index (χ0v) is 15.5. The molecule has 0 atom stereocenters. The van der Waals surface area contributed by atoms with Gasteiger partial charge in [-0.2, -0.15) is 0 Å². The van der Waals surface area contributed by atoms with Gasteiger partial charge in [0.25, 0.3) is 11.8 Å². The number of hydrogen-bond acceptors (Lipinski definition) is 3. The van der Waals surface area contributed by atoms with Gasteiger partial charge in [0.15, 0.2) is 6.61 Å². The third-order valence-electron chi connectivity index (χ3n) is 3.84. The van der Waals surface area contributed by atoms with Crippen LogP contribution < -0.4 is 15.4 Å². The molecule has 5 heteroatoms. The van der Waals surface area contributed by atoms with Crippen LogP contribution in [-0.4, -0.2) is 25.0 Å². The smallest absolute Gasteiger partial charge is 0.262 e. The quantitative estimate of drug-likeness (QED) is 0.754. The van der Waals surface area contributed by atoms with E-state index in [4.69, 9.17) is 4.74 Å². The maximum atomic E-state index is 12.2. The molecule has 0 fully saturated rings. The Morgan fingerprint density at radius 3 is 2.58 bits per heavy atom. The van der Waals surface area contributed by atoms with Gasteiger partial charge in [0.05, 0.1) is 0 Å². The first-order chi connectivity index (χ1) is 12.5. The Hall–Kier alpha value is -2.82. The summed E-state index contributed by atoms with van der Waals surface area (Å²) >= 11 is 0. The Labute approximate surface area is 154 Å². The van der Waals surface area contributed by atoms with Gasteiger partial charge in [0, 0.05) is 17.8 Å². The summed E-state index contributed by atoms with van der Waals surface area (Å²) in [5, 5.41) is 5.58. The minimum absolute atomic E-state index is 0.0873. The van der Waals surface area contributed by atoms with Crippen LogP contribution in [0, 0.1) is 0 Å². The highest BCUT2D eigenvalue weighted by molar-refractivity contribution is 5.97. The monoisotopic (exact) mass is 354 g/mol. The SMILES string of the molecule is CCCNC(=O)c1cccc(NC(=O)COc2ccccc2C(C)C)c1. The Morgan fingerprint density at radius 2 is 1.85 bits per heavy atom. The molecule has 0 spiro atoms. The second-order valence-corrected chi connectivity index (χ2v) is 6.37. The van der Waals surface area contributed by atoms with Gasteiger partial charge in [-0.1, -0.05) is 45.0 Å². The van der Waals surface area contributed by atoms with Crippen molar-refractivity contribution in [2.24, 2.45) is 0 Å². The molecule has 26 heavy (non-hydrogen) atoms. The fraction of sp³-hybridized carbons (Fsp3) is 0.333. The van der Waals surface area contributed by atoms with E-state index in [2.05, 4.69) is 24.5 Å². The molecule has 2 amide bonds. The Kier molecular flexibility index (Phi) is 7.21. The summed E-state index contributed by atoms with van der Waals surface area (Å²) in [5.74, 6) is 0.609. The molecular formula is C21H26N2O3. The number of rotatable bonds is 8. The Morgan fingerprint density at radius 1 is 1.08 bits per heavy atom. The van der Waals surface area contributed by atoms with E-state index in [0.29, 0.717) is 29.5 Å². The molecule has 0 aliphatic rings. The van der Waals surface area contributed by atoms with Crippen molar-refractivity contribution in [3.63, 3.8) is 0 Å². The maximum Gasteiger partial charge on any atom is 0.262 e. The number of ether oxygens (including phenoxy) is 1. The van der Waals surface area contributed by atoms with Crippen LogP contribution in [0.3, 0.4) is 0 Å². The number of hydrogen-bond donors (Lipinski definition) is 2. The van der Waals surface area contributed by atoms with E-state index < -0.39 is 0 Å². The molecule has 0 saturated carbocycles. The Balaban J connectivity index is 1.95. The van der Waals surface area contributed by atoms with Crippen LogP contribution in [0.4, 0.5) is 5.69 Å². The molecule has 2 N–H and O–H groups in total. The number of benzene rings is 2. The second kappa shape index (κ2) is 9.61. The first-order valence-corrected chi connectivity index (χ1v) is 8.91. The van der Waals surface area contributed by atoms with Gasteiger partial charge < -0.3 is 15.4 Å². The highest BCUT2D eigenvalue weighted by atomic mass is 16.5. The maximum absolute atomic E-state index is 12.2. The van der Waals surface area contributed by atoms with Crippen molar-refractivity contribution in [3.05, 3.63) is 59.7 Å². The first-order valence-electron chi connectivity index (χ1n) is 8.91. The number of nitrogens with one attached hydrogen (secondary N) is 2. The van der Waals surface area contributed by atoms with Gasteiger partial charge in [0.2, 0.25) is 0 Å². The van der Waals surface area contributed by atoms with Crippen molar-refractivity contribution in [1.29, 1.82) is 0 Å². The summed E-state index contributed by atoms with van der Waals surface area (Å²) in [5.41, 5.74) is 2.15. The molecule has 138 valence electrons. The molecule has 0 aliphatic carbocycles. The number of para-hydroxylation sites is 1. The molecule has 0 aromatic heterocycles. The molecule has 0 bridgehead atoms. The molecule has 0 aliphatic heterocycles. The molecule has 0 saturated heterocycles. The largest absolute Gasteiger partial charge is 0.483 e. The summed E-state index contributed by atoms with van der Waals surface area (Å²) in [7, 11) is 0. The van der Waals surface area contributed by atoms with Crippen LogP contribution in [0.2, 0.25) is 0 Å². The van der Waals surface area contributed by atoms with E-state index in [9.17, 15) is 9.59 Å². The average Bonchev–Trinajstić information content (AvgIpc) is 2.64. The van der Waals surface area contributed by atoms with Crippen molar-refractivity contribution in [2.75, 3.05) is 18.5 Å². The van der Waals surface area contributed by atoms with E-state index in [1.54, 1.807) is 24.3 Å². The average molecular weight is 354 g/mol. The summed E-state index contributed by atoms with van der Waals surface area (Å²) in [6.07, 6.45) is 0.872. The number of anilines is 1. The zero-order valence-electron chi connectivity index (χ0n) is 15.5. The van der Waals surface area contributed by atoms with E-state index in [1.165, 1.54) is 0 Å². The highest BCUT2D eigenvalue weighted by Gasteiger charge is 2.10. The van der Waals surface area contributed by atoms with Gasteiger partial charge in [-0.15, -0.1) is 0 Å². The minimum atomic E-state index is -0.269. The molecule has 0 unspecified atom stereocenters. The van der Waals surface area contributed by atoms with Crippen LogP contribution in [0.1, 0.15) is 49.0 Å². The van der Waals surface area contributed by atoms with Crippen LogP contribution in [0.25, 0.3) is 0 Å².